The quantitative estimate of drug-likeness (QED) is 0.580. The average molecular weight is 375 g/mol. The third-order valence-corrected chi connectivity index (χ3v) is 4.51. The first-order chi connectivity index (χ1) is 13.6. The zero-order valence-corrected chi connectivity index (χ0v) is 15.2. The second-order valence-corrected chi connectivity index (χ2v) is 6.51. The van der Waals surface area contributed by atoms with E-state index in [2.05, 4.69) is 20.4 Å². The summed E-state index contributed by atoms with van der Waals surface area (Å²) in [5.41, 5.74) is 3.25. The SMILES string of the molecule is C[C@@H](NC(=O)Cc1cc2cnn(-c3ccncc3)c2cn1)c1ccc(F)cc1. The summed E-state index contributed by atoms with van der Waals surface area (Å²) in [5.74, 6) is -0.447. The van der Waals surface area contributed by atoms with E-state index in [1.807, 2.05) is 25.1 Å². The molecule has 1 atom stereocenters. The van der Waals surface area contributed by atoms with Crippen LogP contribution in [-0.2, 0) is 11.2 Å². The van der Waals surface area contributed by atoms with Crippen molar-refractivity contribution < 1.29 is 9.18 Å². The third-order valence-electron chi connectivity index (χ3n) is 4.51. The van der Waals surface area contributed by atoms with E-state index in [0.29, 0.717) is 5.69 Å². The number of nitrogens with one attached hydrogen (secondary N) is 1. The van der Waals surface area contributed by atoms with Crippen LogP contribution in [0.3, 0.4) is 0 Å². The van der Waals surface area contributed by atoms with Crippen molar-refractivity contribution in [1.82, 2.24) is 25.1 Å². The summed E-state index contributed by atoms with van der Waals surface area (Å²) in [7, 11) is 0. The largest absolute Gasteiger partial charge is 0.349 e. The highest BCUT2D eigenvalue weighted by molar-refractivity contribution is 5.83. The zero-order valence-electron chi connectivity index (χ0n) is 15.2. The summed E-state index contributed by atoms with van der Waals surface area (Å²) < 4.78 is 14.8. The number of benzene rings is 1. The standard InChI is InChI=1S/C21H18FN5O/c1-14(15-2-4-17(22)5-3-15)26-21(28)11-18-10-16-12-25-27(20(16)13-24-18)19-6-8-23-9-7-19/h2-10,12-14H,11H2,1H3,(H,26,28)/t14-/m1/s1. The molecule has 0 fully saturated rings. The first-order valence-electron chi connectivity index (χ1n) is 8.88. The van der Waals surface area contributed by atoms with Crippen molar-refractivity contribution in [2.45, 2.75) is 19.4 Å². The summed E-state index contributed by atoms with van der Waals surface area (Å²) >= 11 is 0. The van der Waals surface area contributed by atoms with E-state index in [1.165, 1.54) is 12.1 Å². The maximum Gasteiger partial charge on any atom is 0.226 e. The Hall–Kier alpha value is -3.61. The van der Waals surface area contributed by atoms with E-state index < -0.39 is 0 Å². The van der Waals surface area contributed by atoms with Crippen molar-refractivity contribution in [2.24, 2.45) is 0 Å². The highest BCUT2D eigenvalue weighted by atomic mass is 19.1. The minimum absolute atomic E-state index is 0.148. The first-order valence-corrected chi connectivity index (χ1v) is 8.88. The molecule has 0 bridgehead atoms. The van der Waals surface area contributed by atoms with Gasteiger partial charge in [0.05, 0.1) is 41.8 Å². The molecule has 3 heterocycles. The Bertz CT molecular complexity index is 1110. The van der Waals surface area contributed by atoms with E-state index in [-0.39, 0.29) is 24.2 Å². The number of hydrogen-bond donors (Lipinski definition) is 1. The van der Waals surface area contributed by atoms with Gasteiger partial charge in [-0.1, -0.05) is 12.1 Å². The molecule has 4 aromatic rings. The number of rotatable bonds is 5. The Morgan fingerprint density at radius 3 is 2.64 bits per heavy atom. The van der Waals surface area contributed by atoms with Crippen LogP contribution in [0.15, 0.2) is 67.3 Å². The normalized spacial score (nSPS) is 12.1. The van der Waals surface area contributed by atoms with Crippen LogP contribution < -0.4 is 5.32 Å². The molecule has 0 unspecified atom stereocenters. The maximum atomic E-state index is 13.0. The lowest BCUT2D eigenvalue weighted by atomic mass is 10.1. The average Bonchev–Trinajstić information content (AvgIpc) is 3.12. The van der Waals surface area contributed by atoms with E-state index in [0.717, 1.165) is 22.2 Å². The summed E-state index contributed by atoms with van der Waals surface area (Å²) in [4.78, 5) is 20.8. The van der Waals surface area contributed by atoms with Crippen molar-refractivity contribution in [1.29, 1.82) is 0 Å². The van der Waals surface area contributed by atoms with Gasteiger partial charge in [-0.05, 0) is 42.8 Å². The maximum absolute atomic E-state index is 13.0. The van der Waals surface area contributed by atoms with Gasteiger partial charge in [0, 0.05) is 17.8 Å². The number of halogens is 1. The van der Waals surface area contributed by atoms with Gasteiger partial charge >= 0.3 is 0 Å². The van der Waals surface area contributed by atoms with Crippen LogP contribution >= 0.6 is 0 Å². The Balaban J connectivity index is 1.47. The number of pyridine rings is 2. The molecule has 0 aliphatic rings. The molecular weight excluding hydrogens is 357 g/mol. The van der Waals surface area contributed by atoms with E-state index in [9.17, 15) is 9.18 Å². The molecule has 4 rings (SSSR count). The highest BCUT2D eigenvalue weighted by Gasteiger charge is 2.12. The highest BCUT2D eigenvalue weighted by Crippen LogP contribution is 2.18. The summed E-state index contributed by atoms with van der Waals surface area (Å²) in [6.45, 7) is 1.86. The van der Waals surface area contributed by atoms with Gasteiger partial charge < -0.3 is 5.32 Å². The number of fused-ring (bicyclic) bond motifs is 1. The van der Waals surface area contributed by atoms with Crippen LogP contribution in [0.5, 0.6) is 0 Å². The Labute approximate surface area is 161 Å². The molecule has 0 radical (unpaired) electrons. The second-order valence-electron chi connectivity index (χ2n) is 6.51. The predicted molar refractivity (Wildman–Crippen MR) is 103 cm³/mol. The van der Waals surface area contributed by atoms with Gasteiger partial charge in [0.15, 0.2) is 0 Å². The van der Waals surface area contributed by atoms with Crippen LogP contribution in [0.2, 0.25) is 0 Å². The second kappa shape index (κ2) is 7.56. The lowest BCUT2D eigenvalue weighted by Crippen LogP contribution is -2.28. The van der Waals surface area contributed by atoms with Gasteiger partial charge in [-0.2, -0.15) is 5.10 Å². The van der Waals surface area contributed by atoms with Crippen molar-refractivity contribution in [2.75, 3.05) is 0 Å². The number of hydrogen-bond acceptors (Lipinski definition) is 4. The number of carbonyl (C=O) groups excluding carboxylic acids is 1. The minimum Gasteiger partial charge on any atom is -0.349 e. The van der Waals surface area contributed by atoms with Crippen LogP contribution in [0.25, 0.3) is 16.6 Å². The van der Waals surface area contributed by atoms with Gasteiger partial charge in [-0.25, -0.2) is 9.07 Å². The minimum atomic E-state index is -0.299. The molecule has 140 valence electrons. The molecule has 0 saturated heterocycles. The molecule has 0 spiro atoms. The van der Waals surface area contributed by atoms with Gasteiger partial charge in [0.25, 0.3) is 0 Å². The smallest absolute Gasteiger partial charge is 0.226 e. The molecule has 28 heavy (non-hydrogen) atoms. The molecule has 3 aromatic heterocycles. The van der Waals surface area contributed by atoms with E-state index in [4.69, 9.17) is 0 Å². The molecule has 0 aliphatic carbocycles. The van der Waals surface area contributed by atoms with Crippen molar-refractivity contribution in [3.8, 4) is 5.69 Å². The molecule has 1 amide bonds. The topological polar surface area (TPSA) is 72.7 Å². The van der Waals surface area contributed by atoms with E-state index in [1.54, 1.807) is 41.6 Å². The first kappa shape index (κ1) is 17.8. The van der Waals surface area contributed by atoms with Crippen molar-refractivity contribution >= 4 is 16.8 Å². The number of amides is 1. The third kappa shape index (κ3) is 3.73. The van der Waals surface area contributed by atoms with Gasteiger partial charge in [-0.15, -0.1) is 0 Å². The van der Waals surface area contributed by atoms with Crippen LogP contribution in [0.1, 0.15) is 24.2 Å². The summed E-state index contributed by atoms with van der Waals surface area (Å²) in [5, 5.41) is 8.22. The van der Waals surface area contributed by atoms with Gasteiger partial charge in [0.1, 0.15) is 5.82 Å². The Kier molecular flexibility index (Phi) is 4.80. The fourth-order valence-electron chi connectivity index (χ4n) is 3.05. The fourth-order valence-corrected chi connectivity index (χ4v) is 3.05. The van der Waals surface area contributed by atoms with Gasteiger partial charge in [0.2, 0.25) is 5.91 Å². The Morgan fingerprint density at radius 1 is 1.14 bits per heavy atom. The fraction of sp³-hybridized carbons (Fsp3) is 0.143. The monoisotopic (exact) mass is 375 g/mol. The lowest BCUT2D eigenvalue weighted by molar-refractivity contribution is -0.121. The molecule has 0 aliphatic heterocycles. The molecule has 6 nitrogen and oxygen atoms in total. The number of carbonyl (C=O) groups is 1. The van der Waals surface area contributed by atoms with Crippen LogP contribution in [-0.4, -0.2) is 25.7 Å². The molecular formula is C21H18FN5O. The predicted octanol–water partition coefficient (Wildman–Crippen LogP) is 3.37. The zero-order chi connectivity index (χ0) is 19.5. The summed E-state index contributed by atoms with van der Waals surface area (Å²) in [6.07, 6.45) is 7.03. The van der Waals surface area contributed by atoms with Crippen molar-refractivity contribution in [3.63, 3.8) is 0 Å². The summed E-state index contributed by atoms with van der Waals surface area (Å²) in [6, 6.07) is 11.5. The Morgan fingerprint density at radius 2 is 1.89 bits per heavy atom. The van der Waals surface area contributed by atoms with Gasteiger partial charge in [-0.3, -0.25) is 14.8 Å². The molecule has 1 N–H and O–H groups in total. The lowest BCUT2D eigenvalue weighted by Gasteiger charge is -2.14. The molecule has 7 heteroatoms. The van der Waals surface area contributed by atoms with Crippen LogP contribution in [0.4, 0.5) is 4.39 Å². The van der Waals surface area contributed by atoms with Crippen LogP contribution in [0, 0.1) is 5.82 Å². The van der Waals surface area contributed by atoms with Crippen molar-refractivity contribution in [3.05, 3.63) is 84.3 Å². The molecule has 1 aromatic carbocycles. The number of aromatic nitrogens is 4. The molecule has 0 saturated carbocycles. The number of nitrogens with zero attached hydrogens (tertiary/aromatic N) is 4. The van der Waals surface area contributed by atoms with E-state index >= 15 is 0 Å².